The van der Waals surface area contributed by atoms with Crippen molar-refractivity contribution in [2.75, 3.05) is 13.2 Å². The fourth-order valence-corrected chi connectivity index (χ4v) is 7.86. The lowest BCUT2D eigenvalue weighted by Gasteiger charge is -2.50. The molecule has 218 valence electrons. The van der Waals surface area contributed by atoms with E-state index in [1.165, 1.54) is 11.8 Å². The molecule has 14 heteroatoms. The molecule has 1 heterocycles. The predicted molar refractivity (Wildman–Crippen MR) is 165 cm³/mol. The number of benzene rings is 1. The van der Waals surface area contributed by atoms with Crippen LogP contribution in [0.5, 0.6) is 0 Å². The molecule has 7 nitrogen and oxygen atoms in total. The number of carbonyl (C=O) groups excluding carboxylic acids is 1. The molecular weight excluding hydrogens is 621 g/mol. The summed E-state index contributed by atoms with van der Waals surface area (Å²) in [6.45, 7) is 19.1. The van der Waals surface area contributed by atoms with Gasteiger partial charge in [-0.2, -0.15) is 0 Å². The maximum absolute atomic E-state index is 12.9. The van der Waals surface area contributed by atoms with E-state index in [9.17, 15) is 4.79 Å². The van der Waals surface area contributed by atoms with Crippen LogP contribution in [0.2, 0.25) is 58.9 Å². The Bertz CT molecular complexity index is 894. The molecule has 1 saturated heterocycles. The highest BCUT2D eigenvalue weighted by Gasteiger charge is 2.51. The molecule has 1 aliphatic rings. The van der Waals surface area contributed by atoms with Gasteiger partial charge in [0.2, 0.25) is 3.79 Å². The molecule has 1 N–H and O–H groups in total. The van der Waals surface area contributed by atoms with E-state index in [2.05, 4.69) is 64.2 Å². The molecule has 0 aliphatic carbocycles. The zero-order valence-electron chi connectivity index (χ0n) is 23.7. The van der Waals surface area contributed by atoms with Crippen LogP contribution < -0.4 is 5.32 Å². The number of amides is 1. The number of nitrogens with one attached hydrogen (secondary N) is 1. The minimum Gasteiger partial charge on any atom is -0.445 e. The number of alkyl carbamates (subject to hydrolysis) is 1. The number of thioether (sulfide) groups is 1. The summed E-state index contributed by atoms with van der Waals surface area (Å²) in [5.74, 6) is 0. The number of alkyl halides is 3. The summed E-state index contributed by atoms with van der Waals surface area (Å²) in [4.78, 5) is 13.9. The molecule has 38 heavy (non-hydrogen) atoms. The van der Waals surface area contributed by atoms with E-state index in [-0.39, 0.29) is 0 Å². The summed E-state index contributed by atoms with van der Waals surface area (Å²) in [5, 5.41) is 2.96. The quantitative estimate of drug-likeness (QED) is 0.197. The van der Waals surface area contributed by atoms with E-state index < -0.39 is 71.2 Å². The summed E-state index contributed by atoms with van der Waals surface area (Å²) < 4.78 is 30.0. The van der Waals surface area contributed by atoms with Gasteiger partial charge in [-0.25, -0.2) is 4.79 Å². The van der Waals surface area contributed by atoms with Gasteiger partial charge in [0.1, 0.15) is 24.3 Å². The molecule has 2 rings (SSSR count). The summed E-state index contributed by atoms with van der Waals surface area (Å²) in [6.07, 6.45) is -2.10. The van der Waals surface area contributed by atoms with E-state index in [1.54, 1.807) is 0 Å². The van der Waals surface area contributed by atoms with Gasteiger partial charge in [-0.1, -0.05) is 64.8 Å². The van der Waals surface area contributed by atoms with Gasteiger partial charge in [0, 0.05) is 4.90 Å². The van der Waals surface area contributed by atoms with Crippen molar-refractivity contribution < 1.29 is 27.5 Å². The number of hydrogen-bond donors (Lipinski definition) is 1. The van der Waals surface area contributed by atoms with Crippen LogP contribution in [0.4, 0.5) is 4.79 Å². The second-order valence-electron chi connectivity index (χ2n) is 12.1. The maximum atomic E-state index is 12.9. The third-order valence-corrected chi connectivity index (χ3v) is 9.45. The molecule has 0 saturated carbocycles. The van der Waals surface area contributed by atoms with E-state index in [0.717, 1.165) is 4.90 Å². The Kier molecular flexibility index (Phi) is 12.6. The monoisotopic (exact) mass is 661 g/mol. The van der Waals surface area contributed by atoms with Crippen molar-refractivity contribution in [1.82, 2.24) is 5.32 Å². The van der Waals surface area contributed by atoms with Crippen molar-refractivity contribution >= 4 is 77.6 Å². The van der Waals surface area contributed by atoms with E-state index in [1.807, 2.05) is 30.3 Å². The first-order valence-electron chi connectivity index (χ1n) is 12.6. The largest absolute Gasteiger partial charge is 0.445 e. The molecule has 1 aromatic carbocycles. The molecule has 0 bridgehead atoms. The lowest BCUT2D eigenvalue weighted by atomic mass is 9.98. The van der Waals surface area contributed by atoms with Gasteiger partial charge in [0.15, 0.2) is 25.0 Å². The molecule has 1 amide bonds. The van der Waals surface area contributed by atoms with Crippen molar-refractivity contribution in [2.45, 2.75) is 97.4 Å². The Morgan fingerprint density at radius 2 is 1.47 bits per heavy atom. The predicted octanol–water partition coefficient (Wildman–Crippen LogP) is 7.26. The van der Waals surface area contributed by atoms with Gasteiger partial charge >= 0.3 is 6.09 Å². The van der Waals surface area contributed by atoms with Crippen LogP contribution in [0, 0.1) is 0 Å². The Labute approximate surface area is 250 Å². The average Bonchev–Trinajstić information content (AvgIpc) is 2.73. The van der Waals surface area contributed by atoms with Gasteiger partial charge in [0.25, 0.3) is 0 Å². The van der Waals surface area contributed by atoms with Crippen LogP contribution in [0.25, 0.3) is 0 Å². The number of halogens is 3. The normalized spacial score (nSPS) is 25.2. The third kappa shape index (κ3) is 13.2. The first-order chi connectivity index (χ1) is 17.2. The Balaban J connectivity index is 2.51. The van der Waals surface area contributed by atoms with Crippen LogP contribution in [0.15, 0.2) is 35.2 Å². The average molecular weight is 663 g/mol. The minimum atomic E-state index is -2.13. The Hall–Kier alpha value is 0.201. The van der Waals surface area contributed by atoms with Crippen LogP contribution >= 0.6 is 46.6 Å². The summed E-state index contributed by atoms with van der Waals surface area (Å²) in [7, 11) is -6.06. The van der Waals surface area contributed by atoms with Crippen molar-refractivity contribution in [2.24, 2.45) is 0 Å². The molecule has 0 unspecified atom stereocenters. The van der Waals surface area contributed by atoms with E-state index in [0.29, 0.717) is 6.61 Å². The number of carbonyl (C=O) groups is 1. The molecule has 0 radical (unpaired) electrons. The molecule has 1 aliphatic heterocycles. The van der Waals surface area contributed by atoms with Gasteiger partial charge in [-0.15, -0.1) is 0 Å². The van der Waals surface area contributed by atoms with Crippen LogP contribution in [0.3, 0.4) is 0 Å². The highest BCUT2D eigenvalue weighted by atomic mass is 35.6. The standard InChI is InChI=1S/C24H42Cl3NO6SSi3/c1-36(2,3)31-15-18-20(33-37(4,5)6)21(34-38(7,8)9)19(28-23(29)30-16-24(25,26)27)22(32-18)35-17-13-11-10-12-14-17/h10-14,18-22H,15-16H2,1-9H3,(H,28,29)/t18-,19-,20-,21-,22+/m1/s1. The number of ether oxygens (including phenoxy) is 2. The molecule has 0 spiro atoms. The topological polar surface area (TPSA) is 75.3 Å². The Morgan fingerprint density at radius 1 is 0.921 bits per heavy atom. The SMILES string of the molecule is C[Si](C)(C)OC[C@H]1O[C@@H](Sc2ccccc2)[C@H](NC(=O)OCC(Cl)(Cl)Cl)[C@@H](O[Si](C)(C)C)[C@@H]1O[Si](C)(C)C. The van der Waals surface area contributed by atoms with Gasteiger partial charge < -0.3 is 28.1 Å². The fraction of sp³-hybridized carbons (Fsp3) is 0.708. The summed E-state index contributed by atoms with van der Waals surface area (Å²) in [6, 6.07) is 9.26. The molecule has 5 atom stereocenters. The van der Waals surface area contributed by atoms with E-state index in [4.69, 9.17) is 57.6 Å². The van der Waals surface area contributed by atoms with Crippen molar-refractivity contribution in [3.63, 3.8) is 0 Å². The zero-order chi connectivity index (χ0) is 28.9. The van der Waals surface area contributed by atoms with E-state index >= 15 is 0 Å². The van der Waals surface area contributed by atoms with Crippen molar-refractivity contribution in [3.8, 4) is 0 Å². The van der Waals surface area contributed by atoms with Crippen molar-refractivity contribution in [3.05, 3.63) is 30.3 Å². The molecule has 1 fully saturated rings. The lowest BCUT2D eigenvalue weighted by Crippen LogP contribution is -2.67. The molecule has 0 aromatic heterocycles. The smallest absolute Gasteiger partial charge is 0.407 e. The highest BCUT2D eigenvalue weighted by molar-refractivity contribution is 7.99. The zero-order valence-corrected chi connectivity index (χ0v) is 29.8. The summed E-state index contributed by atoms with van der Waals surface area (Å²) in [5.41, 5.74) is -0.518. The molecule has 1 aromatic rings. The number of hydrogen-bond acceptors (Lipinski definition) is 7. The second-order valence-corrected chi connectivity index (χ2v) is 29.3. The summed E-state index contributed by atoms with van der Waals surface area (Å²) >= 11 is 18.9. The Morgan fingerprint density at radius 3 is 1.97 bits per heavy atom. The number of rotatable bonds is 11. The van der Waals surface area contributed by atoms with Gasteiger partial charge in [0.05, 0.1) is 18.8 Å². The fourth-order valence-electron chi connectivity index (χ4n) is 3.68. The minimum absolute atomic E-state index is 0.368. The molecular formula is C24H42Cl3NO6SSi3. The highest BCUT2D eigenvalue weighted by Crippen LogP contribution is 2.38. The van der Waals surface area contributed by atoms with Crippen LogP contribution in [0.1, 0.15) is 0 Å². The van der Waals surface area contributed by atoms with Crippen LogP contribution in [-0.2, 0) is 22.8 Å². The third-order valence-electron chi connectivity index (χ3n) is 4.95. The van der Waals surface area contributed by atoms with Crippen LogP contribution in [-0.4, -0.2) is 77.8 Å². The first-order valence-corrected chi connectivity index (χ1v) is 24.8. The lowest BCUT2D eigenvalue weighted by molar-refractivity contribution is -0.157. The van der Waals surface area contributed by atoms with Crippen molar-refractivity contribution in [1.29, 1.82) is 0 Å². The second kappa shape index (κ2) is 13.9. The maximum Gasteiger partial charge on any atom is 0.407 e. The van der Waals surface area contributed by atoms with Gasteiger partial charge in [-0.3, -0.25) is 0 Å². The first kappa shape index (κ1) is 34.4. The van der Waals surface area contributed by atoms with Gasteiger partial charge in [-0.05, 0) is 71.1 Å².